The van der Waals surface area contributed by atoms with Crippen LogP contribution in [0.3, 0.4) is 0 Å². The lowest BCUT2D eigenvalue weighted by atomic mass is 10.1. The Morgan fingerprint density at radius 2 is 2.05 bits per heavy atom. The first-order valence-electron chi connectivity index (χ1n) is 6.14. The second-order valence-corrected chi connectivity index (χ2v) is 4.84. The van der Waals surface area contributed by atoms with Crippen molar-refractivity contribution in [2.24, 2.45) is 5.73 Å². The maximum absolute atomic E-state index is 11.8. The molecule has 1 heterocycles. The van der Waals surface area contributed by atoms with Gasteiger partial charge in [0.25, 0.3) is 0 Å². The topological polar surface area (TPSA) is 80.9 Å². The van der Waals surface area contributed by atoms with Crippen molar-refractivity contribution >= 4 is 22.6 Å². The molecular weight excluding hydrogens is 260 g/mol. The zero-order valence-corrected chi connectivity index (χ0v) is 11.3. The quantitative estimate of drug-likeness (QED) is 0.840. The number of carbonyl (C=O) groups is 1. The third-order valence-corrected chi connectivity index (χ3v) is 3.23. The number of rotatable bonds is 6. The summed E-state index contributed by atoms with van der Waals surface area (Å²) in [6.07, 6.45) is 1.80. The number of hydrogen-bond acceptors (Lipinski definition) is 5. The lowest BCUT2D eigenvalue weighted by Crippen LogP contribution is -2.12. The second kappa shape index (κ2) is 6.96. The van der Waals surface area contributed by atoms with E-state index in [2.05, 4.69) is 14.7 Å². The van der Waals surface area contributed by atoms with Gasteiger partial charge in [0.2, 0.25) is 11.0 Å². The molecule has 0 aliphatic carbocycles. The first kappa shape index (κ1) is 13.6. The number of carbonyl (C=O) groups excluding carboxylic acids is 1. The molecule has 100 valence electrons. The molecule has 0 bridgehead atoms. The Morgan fingerprint density at radius 1 is 1.26 bits per heavy atom. The molecule has 1 aromatic carbocycles. The fourth-order valence-electron chi connectivity index (χ4n) is 1.62. The average molecular weight is 276 g/mol. The maximum Gasteiger partial charge on any atom is 0.226 e. The van der Waals surface area contributed by atoms with Gasteiger partial charge in [-0.05, 0) is 18.5 Å². The van der Waals surface area contributed by atoms with Gasteiger partial charge in [-0.3, -0.25) is 4.79 Å². The lowest BCUT2D eigenvalue weighted by Gasteiger charge is -2.01. The van der Waals surface area contributed by atoms with Crippen LogP contribution in [0.15, 0.2) is 30.3 Å². The van der Waals surface area contributed by atoms with Gasteiger partial charge < -0.3 is 11.1 Å². The molecule has 0 aliphatic heterocycles. The summed E-state index contributed by atoms with van der Waals surface area (Å²) in [6.45, 7) is 0.512. The number of nitrogens with two attached hydrogens (primary N) is 1. The highest BCUT2D eigenvalue weighted by molar-refractivity contribution is 7.09. The van der Waals surface area contributed by atoms with Crippen LogP contribution in [0, 0.1) is 0 Å². The number of aryl methyl sites for hydroxylation is 1. The molecule has 6 heteroatoms. The fraction of sp³-hybridized carbons (Fsp3) is 0.308. The number of benzene rings is 1. The van der Waals surface area contributed by atoms with E-state index in [-0.39, 0.29) is 5.91 Å². The molecule has 0 saturated carbocycles. The zero-order chi connectivity index (χ0) is 13.5. The molecule has 0 atom stereocenters. The van der Waals surface area contributed by atoms with Gasteiger partial charge in [0.15, 0.2) is 0 Å². The summed E-state index contributed by atoms with van der Waals surface area (Å²) in [5, 5.41) is 3.30. The summed E-state index contributed by atoms with van der Waals surface area (Å²) in [7, 11) is 0. The van der Waals surface area contributed by atoms with Gasteiger partial charge in [-0.1, -0.05) is 30.3 Å². The average Bonchev–Trinajstić information content (AvgIpc) is 2.85. The SMILES string of the molecule is NCCc1nsc(NC(=O)CCc2ccccc2)n1. The first-order chi connectivity index (χ1) is 9.28. The molecule has 3 N–H and O–H groups in total. The van der Waals surface area contributed by atoms with Crippen molar-refractivity contribution in [1.82, 2.24) is 9.36 Å². The molecule has 0 spiro atoms. The van der Waals surface area contributed by atoms with E-state index in [0.717, 1.165) is 12.0 Å². The molecule has 0 aliphatic rings. The normalized spacial score (nSPS) is 10.4. The van der Waals surface area contributed by atoms with Crippen molar-refractivity contribution in [3.8, 4) is 0 Å². The highest BCUT2D eigenvalue weighted by Gasteiger charge is 2.07. The lowest BCUT2D eigenvalue weighted by molar-refractivity contribution is -0.116. The van der Waals surface area contributed by atoms with Crippen molar-refractivity contribution in [1.29, 1.82) is 0 Å². The number of hydrogen-bond donors (Lipinski definition) is 2. The van der Waals surface area contributed by atoms with Crippen molar-refractivity contribution in [2.45, 2.75) is 19.3 Å². The van der Waals surface area contributed by atoms with E-state index in [1.807, 2.05) is 30.3 Å². The highest BCUT2D eigenvalue weighted by atomic mass is 32.1. The second-order valence-electron chi connectivity index (χ2n) is 4.09. The van der Waals surface area contributed by atoms with Crippen LogP contribution < -0.4 is 11.1 Å². The molecular formula is C13H16N4OS. The van der Waals surface area contributed by atoms with E-state index in [0.29, 0.717) is 30.3 Å². The van der Waals surface area contributed by atoms with E-state index >= 15 is 0 Å². The monoisotopic (exact) mass is 276 g/mol. The molecule has 2 rings (SSSR count). The van der Waals surface area contributed by atoms with Crippen LogP contribution in [-0.2, 0) is 17.6 Å². The highest BCUT2D eigenvalue weighted by Crippen LogP contribution is 2.12. The van der Waals surface area contributed by atoms with Crippen molar-refractivity contribution < 1.29 is 4.79 Å². The summed E-state index contributed by atoms with van der Waals surface area (Å²) >= 11 is 1.19. The van der Waals surface area contributed by atoms with Crippen LogP contribution in [0.4, 0.5) is 5.13 Å². The van der Waals surface area contributed by atoms with Crippen molar-refractivity contribution in [3.05, 3.63) is 41.7 Å². The number of amides is 1. The van der Waals surface area contributed by atoms with E-state index in [4.69, 9.17) is 5.73 Å². The number of nitrogens with one attached hydrogen (secondary N) is 1. The van der Waals surface area contributed by atoms with Gasteiger partial charge in [-0.25, -0.2) is 4.98 Å². The molecule has 0 radical (unpaired) electrons. The minimum Gasteiger partial charge on any atom is -0.330 e. The standard InChI is InChI=1S/C13H16N4OS/c14-9-8-11-15-13(19-17-11)16-12(18)7-6-10-4-2-1-3-5-10/h1-5H,6-9,14H2,(H,15,16,17,18). The van der Waals surface area contributed by atoms with E-state index < -0.39 is 0 Å². The Morgan fingerprint density at radius 3 is 2.79 bits per heavy atom. The number of aromatic nitrogens is 2. The zero-order valence-electron chi connectivity index (χ0n) is 10.5. The Kier molecular flexibility index (Phi) is 5.00. The molecule has 0 saturated heterocycles. The molecule has 0 fully saturated rings. The minimum atomic E-state index is -0.0423. The van der Waals surface area contributed by atoms with Gasteiger partial charge in [-0.15, -0.1) is 0 Å². The van der Waals surface area contributed by atoms with E-state index in [1.165, 1.54) is 11.5 Å². The van der Waals surface area contributed by atoms with Crippen LogP contribution in [0.1, 0.15) is 17.8 Å². The number of nitrogens with zero attached hydrogens (tertiary/aromatic N) is 2. The Bertz CT molecular complexity index is 526. The Balaban J connectivity index is 1.80. The van der Waals surface area contributed by atoms with E-state index in [9.17, 15) is 4.79 Å². The fourth-order valence-corrected chi connectivity index (χ4v) is 2.25. The van der Waals surface area contributed by atoms with Gasteiger partial charge in [0.1, 0.15) is 5.82 Å². The van der Waals surface area contributed by atoms with Crippen LogP contribution >= 0.6 is 11.5 Å². The summed E-state index contributed by atoms with van der Waals surface area (Å²) < 4.78 is 4.11. The van der Waals surface area contributed by atoms with Gasteiger partial charge in [0.05, 0.1) is 0 Å². The summed E-state index contributed by atoms with van der Waals surface area (Å²) in [5.74, 6) is 0.644. The van der Waals surface area contributed by atoms with Crippen molar-refractivity contribution in [2.75, 3.05) is 11.9 Å². The summed E-state index contributed by atoms with van der Waals surface area (Å²) in [5.41, 5.74) is 6.57. The van der Waals surface area contributed by atoms with Crippen LogP contribution in [0.25, 0.3) is 0 Å². The van der Waals surface area contributed by atoms with Crippen LogP contribution in [0.5, 0.6) is 0 Å². The Labute approximate surface area is 116 Å². The summed E-state index contributed by atoms with van der Waals surface area (Å²) in [4.78, 5) is 15.9. The van der Waals surface area contributed by atoms with Gasteiger partial charge in [0, 0.05) is 24.4 Å². The smallest absolute Gasteiger partial charge is 0.226 e. The molecule has 1 amide bonds. The number of anilines is 1. The van der Waals surface area contributed by atoms with Gasteiger partial charge in [-0.2, -0.15) is 4.37 Å². The Hall–Kier alpha value is -1.79. The van der Waals surface area contributed by atoms with Crippen LogP contribution in [0.2, 0.25) is 0 Å². The third kappa shape index (κ3) is 4.42. The first-order valence-corrected chi connectivity index (χ1v) is 6.91. The maximum atomic E-state index is 11.8. The van der Waals surface area contributed by atoms with Gasteiger partial charge >= 0.3 is 0 Å². The van der Waals surface area contributed by atoms with E-state index in [1.54, 1.807) is 0 Å². The summed E-state index contributed by atoms with van der Waals surface area (Å²) in [6, 6.07) is 9.92. The third-order valence-electron chi connectivity index (χ3n) is 2.57. The molecule has 0 unspecified atom stereocenters. The predicted octanol–water partition coefficient (Wildman–Crippen LogP) is 1.61. The molecule has 1 aromatic heterocycles. The molecule has 19 heavy (non-hydrogen) atoms. The molecule has 2 aromatic rings. The van der Waals surface area contributed by atoms with Crippen molar-refractivity contribution in [3.63, 3.8) is 0 Å². The largest absolute Gasteiger partial charge is 0.330 e. The predicted molar refractivity (Wildman–Crippen MR) is 76.1 cm³/mol. The van der Waals surface area contributed by atoms with Crippen LogP contribution in [-0.4, -0.2) is 21.8 Å². The minimum absolute atomic E-state index is 0.0423. The molecule has 5 nitrogen and oxygen atoms in total.